The SMILES string of the molecule is Cc1nc(-c2nc(Cl)c(-c3cccc(Cl)c3)c(Cl)n2)cs1. The van der Waals surface area contributed by atoms with Crippen LogP contribution >= 0.6 is 46.1 Å². The molecule has 0 saturated carbocycles. The molecule has 0 aliphatic heterocycles. The largest absolute Gasteiger partial charge is 0.238 e. The summed E-state index contributed by atoms with van der Waals surface area (Å²) in [6.45, 7) is 1.91. The molecule has 3 nitrogen and oxygen atoms in total. The van der Waals surface area contributed by atoms with Crippen molar-refractivity contribution in [3.05, 3.63) is 50.0 Å². The summed E-state index contributed by atoms with van der Waals surface area (Å²) in [5.41, 5.74) is 2.01. The van der Waals surface area contributed by atoms with Gasteiger partial charge in [-0.3, -0.25) is 0 Å². The van der Waals surface area contributed by atoms with Gasteiger partial charge in [0.1, 0.15) is 16.0 Å². The Morgan fingerprint density at radius 3 is 2.29 bits per heavy atom. The third kappa shape index (κ3) is 3.04. The summed E-state index contributed by atoms with van der Waals surface area (Å²) in [5.74, 6) is 0.417. The molecule has 0 aliphatic rings. The van der Waals surface area contributed by atoms with Crippen LogP contribution in [0, 0.1) is 6.92 Å². The monoisotopic (exact) mass is 355 g/mol. The average Bonchev–Trinajstić information content (AvgIpc) is 2.85. The maximum atomic E-state index is 6.28. The molecule has 0 bridgehead atoms. The number of thiazole rings is 1. The van der Waals surface area contributed by atoms with Crippen molar-refractivity contribution < 1.29 is 0 Å². The van der Waals surface area contributed by atoms with Crippen molar-refractivity contribution in [3.8, 4) is 22.6 Å². The Morgan fingerprint density at radius 1 is 1.00 bits per heavy atom. The van der Waals surface area contributed by atoms with Gasteiger partial charge in [0, 0.05) is 10.4 Å². The quantitative estimate of drug-likeness (QED) is 0.566. The fraction of sp³-hybridized carbons (Fsp3) is 0.0714. The molecule has 0 atom stereocenters. The molecule has 106 valence electrons. The summed E-state index contributed by atoms with van der Waals surface area (Å²) in [6, 6.07) is 7.22. The molecular weight excluding hydrogens is 349 g/mol. The van der Waals surface area contributed by atoms with E-state index in [9.17, 15) is 0 Å². The topological polar surface area (TPSA) is 38.7 Å². The molecule has 0 amide bonds. The zero-order valence-corrected chi connectivity index (χ0v) is 13.9. The number of benzene rings is 1. The van der Waals surface area contributed by atoms with E-state index < -0.39 is 0 Å². The highest BCUT2D eigenvalue weighted by Gasteiger charge is 2.16. The van der Waals surface area contributed by atoms with E-state index in [1.807, 2.05) is 24.4 Å². The number of hydrogen-bond donors (Lipinski definition) is 0. The van der Waals surface area contributed by atoms with Gasteiger partial charge >= 0.3 is 0 Å². The second kappa shape index (κ2) is 5.89. The number of aryl methyl sites for hydroxylation is 1. The third-order valence-electron chi connectivity index (χ3n) is 2.78. The van der Waals surface area contributed by atoms with Crippen molar-refractivity contribution >= 4 is 46.1 Å². The van der Waals surface area contributed by atoms with Gasteiger partial charge < -0.3 is 0 Å². The van der Waals surface area contributed by atoms with Gasteiger partial charge in [-0.25, -0.2) is 15.0 Å². The lowest BCUT2D eigenvalue weighted by atomic mass is 10.1. The number of halogens is 3. The fourth-order valence-electron chi connectivity index (χ4n) is 1.87. The van der Waals surface area contributed by atoms with Gasteiger partial charge in [-0.05, 0) is 24.6 Å². The van der Waals surface area contributed by atoms with Crippen LogP contribution in [0.1, 0.15) is 5.01 Å². The van der Waals surface area contributed by atoms with E-state index in [1.54, 1.807) is 12.1 Å². The summed E-state index contributed by atoms with van der Waals surface area (Å²) < 4.78 is 0. The number of nitrogens with zero attached hydrogens (tertiary/aromatic N) is 3. The van der Waals surface area contributed by atoms with Crippen LogP contribution in [-0.4, -0.2) is 15.0 Å². The molecule has 3 aromatic rings. The van der Waals surface area contributed by atoms with E-state index in [2.05, 4.69) is 15.0 Å². The molecule has 0 N–H and O–H groups in total. The Morgan fingerprint density at radius 2 is 1.71 bits per heavy atom. The number of hydrogen-bond acceptors (Lipinski definition) is 4. The zero-order chi connectivity index (χ0) is 15.0. The molecule has 1 aromatic carbocycles. The van der Waals surface area contributed by atoms with Gasteiger partial charge in [0.05, 0.1) is 10.6 Å². The van der Waals surface area contributed by atoms with Gasteiger partial charge in [-0.15, -0.1) is 11.3 Å². The average molecular weight is 357 g/mol. The molecule has 21 heavy (non-hydrogen) atoms. The molecule has 0 aliphatic carbocycles. The first-order chi connectivity index (χ1) is 10.0. The maximum Gasteiger partial charge on any atom is 0.181 e. The van der Waals surface area contributed by atoms with Crippen LogP contribution in [0.2, 0.25) is 15.3 Å². The summed E-state index contributed by atoms with van der Waals surface area (Å²) in [4.78, 5) is 12.9. The Bertz CT molecular complexity index is 794. The van der Waals surface area contributed by atoms with Gasteiger partial charge in [0.15, 0.2) is 5.82 Å². The second-order valence-electron chi connectivity index (χ2n) is 4.27. The predicted octanol–water partition coefficient (Wildman–Crippen LogP) is 5.54. The lowest BCUT2D eigenvalue weighted by Crippen LogP contribution is -1.95. The maximum absolute atomic E-state index is 6.28. The van der Waals surface area contributed by atoms with Crippen molar-refractivity contribution in [2.45, 2.75) is 6.92 Å². The van der Waals surface area contributed by atoms with Crippen molar-refractivity contribution in [1.29, 1.82) is 0 Å². The summed E-state index contributed by atoms with van der Waals surface area (Å²) in [5, 5.41) is 3.95. The summed E-state index contributed by atoms with van der Waals surface area (Å²) in [6.07, 6.45) is 0. The van der Waals surface area contributed by atoms with Gasteiger partial charge in [0.2, 0.25) is 0 Å². The van der Waals surface area contributed by atoms with E-state index >= 15 is 0 Å². The van der Waals surface area contributed by atoms with Crippen LogP contribution in [0.5, 0.6) is 0 Å². The van der Waals surface area contributed by atoms with Gasteiger partial charge in [-0.1, -0.05) is 46.9 Å². The van der Waals surface area contributed by atoms with Crippen molar-refractivity contribution in [1.82, 2.24) is 15.0 Å². The highest BCUT2D eigenvalue weighted by Crippen LogP contribution is 2.35. The summed E-state index contributed by atoms with van der Waals surface area (Å²) in [7, 11) is 0. The minimum Gasteiger partial charge on any atom is -0.238 e. The molecule has 2 aromatic heterocycles. The lowest BCUT2D eigenvalue weighted by molar-refractivity contribution is 1.14. The molecule has 2 heterocycles. The molecule has 0 spiro atoms. The standard InChI is InChI=1S/C14H8Cl3N3S/c1-7-18-10(6-21-7)14-19-12(16)11(13(17)20-14)8-3-2-4-9(15)5-8/h2-6H,1H3. The van der Waals surface area contributed by atoms with E-state index in [0.717, 1.165) is 10.6 Å². The minimum atomic E-state index is 0.276. The first-order valence-corrected chi connectivity index (χ1v) is 7.97. The van der Waals surface area contributed by atoms with E-state index in [0.29, 0.717) is 22.1 Å². The molecule has 0 radical (unpaired) electrons. The molecule has 0 fully saturated rings. The Balaban J connectivity index is 2.12. The highest BCUT2D eigenvalue weighted by atomic mass is 35.5. The Labute approximate surface area is 140 Å². The van der Waals surface area contributed by atoms with Crippen molar-refractivity contribution in [3.63, 3.8) is 0 Å². The van der Waals surface area contributed by atoms with Crippen LogP contribution < -0.4 is 0 Å². The highest BCUT2D eigenvalue weighted by molar-refractivity contribution is 7.09. The van der Waals surface area contributed by atoms with E-state index in [-0.39, 0.29) is 10.3 Å². The lowest BCUT2D eigenvalue weighted by Gasteiger charge is -2.08. The number of aromatic nitrogens is 3. The van der Waals surface area contributed by atoms with Crippen LogP contribution in [0.15, 0.2) is 29.6 Å². The normalized spacial score (nSPS) is 10.9. The van der Waals surface area contributed by atoms with E-state index in [1.165, 1.54) is 11.3 Å². The third-order valence-corrected chi connectivity index (χ3v) is 4.34. The predicted molar refractivity (Wildman–Crippen MR) is 88.3 cm³/mol. The Kier molecular flexibility index (Phi) is 4.13. The van der Waals surface area contributed by atoms with E-state index in [4.69, 9.17) is 34.8 Å². The first-order valence-electron chi connectivity index (χ1n) is 5.96. The minimum absolute atomic E-state index is 0.276. The van der Waals surface area contributed by atoms with Gasteiger partial charge in [-0.2, -0.15) is 0 Å². The Hall–Kier alpha value is -1.20. The van der Waals surface area contributed by atoms with Crippen LogP contribution in [0.25, 0.3) is 22.6 Å². The van der Waals surface area contributed by atoms with Crippen molar-refractivity contribution in [2.24, 2.45) is 0 Å². The molecule has 7 heteroatoms. The zero-order valence-electron chi connectivity index (χ0n) is 10.8. The molecular formula is C14H8Cl3N3S. The van der Waals surface area contributed by atoms with Crippen LogP contribution in [0.3, 0.4) is 0 Å². The smallest absolute Gasteiger partial charge is 0.181 e. The van der Waals surface area contributed by atoms with Crippen LogP contribution in [0.4, 0.5) is 0 Å². The number of rotatable bonds is 2. The summed E-state index contributed by atoms with van der Waals surface area (Å²) >= 11 is 20.1. The molecule has 0 unspecified atom stereocenters. The second-order valence-corrected chi connectivity index (χ2v) is 6.48. The molecule has 0 saturated heterocycles. The fourth-order valence-corrected chi connectivity index (χ4v) is 3.26. The molecule has 3 rings (SSSR count). The van der Waals surface area contributed by atoms with Crippen molar-refractivity contribution in [2.75, 3.05) is 0 Å². The first kappa shape index (κ1) is 14.7. The van der Waals surface area contributed by atoms with Gasteiger partial charge in [0.25, 0.3) is 0 Å². The van der Waals surface area contributed by atoms with Crippen LogP contribution in [-0.2, 0) is 0 Å².